The van der Waals surface area contributed by atoms with Crippen molar-refractivity contribution in [2.24, 2.45) is 0 Å². The van der Waals surface area contributed by atoms with Crippen LogP contribution in [0.25, 0.3) is 11.1 Å². The molecular weight excluding hydrogens is 418 g/mol. The second-order valence-electron chi connectivity index (χ2n) is 7.43. The number of thioether (sulfide) groups is 1. The van der Waals surface area contributed by atoms with Gasteiger partial charge in [-0.15, -0.1) is 11.8 Å². The summed E-state index contributed by atoms with van der Waals surface area (Å²) in [6.07, 6.45) is 0.241. The van der Waals surface area contributed by atoms with Crippen molar-refractivity contribution in [2.75, 3.05) is 16.8 Å². The zero-order valence-electron chi connectivity index (χ0n) is 18.2. The third-order valence-corrected chi connectivity index (χ3v) is 6.05. The third kappa shape index (κ3) is 4.91. The summed E-state index contributed by atoms with van der Waals surface area (Å²) in [6, 6.07) is 17.7. The first kappa shape index (κ1) is 22.9. The average molecular weight is 442 g/mol. The van der Waals surface area contributed by atoms with Gasteiger partial charge in [0.2, 0.25) is 5.91 Å². The molecule has 0 spiro atoms. The Morgan fingerprint density at radius 3 is 2.25 bits per heavy atom. The highest BCUT2D eigenvalue weighted by Gasteiger charge is 2.20. The van der Waals surface area contributed by atoms with E-state index in [4.69, 9.17) is 5.73 Å². The molecule has 2 aromatic carbocycles. The number of amides is 1. The fraction of sp³-hybridized carbons (Fsp3) is 0.200. The van der Waals surface area contributed by atoms with Crippen molar-refractivity contribution in [1.29, 1.82) is 10.5 Å². The molecule has 7 heteroatoms. The predicted molar refractivity (Wildman–Crippen MR) is 128 cm³/mol. The molecule has 0 fully saturated rings. The molecule has 160 valence electrons. The first-order valence-electron chi connectivity index (χ1n) is 10.0. The van der Waals surface area contributed by atoms with Gasteiger partial charge in [0.15, 0.2) is 0 Å². The average Bonchev–Trinajstić information content (AvgIpc) is 2.76. The maximum Gasteiger partial charge on any atom is 0.225 e. The van der Waals surface area contributed by atoms with Crippen LogP contribution in [0.3, 0.4) is 0 Å². The largest absolute Gasteiger partial charge is 0.383 e. The number of nitrogen functional groups attached to an aromatic ring is 1. The Hall–Kier alpha value is -3.81. The topological polar surface area (TPSA) is 116 Å². The van der Waals surface area contributed by atoms with Gasteiger partial charge in [-0.05, 0) is 37.5 Å². The maximum absolute atomic E-state index is 12.5. The van der Waals surface area contributed by atoms with E-state index >= 15 is 0 Å². The van der Waals surface area contributed by atoms with Gasteiger partial charge in [0.05, 0.1) is 5.56 Å². The normalized spacial score (nSPS) is 10.3. The van der Waals surface area contributed by atoms with Gasteiger partial charge in [-0.1, -0.05) is 48.0 Å². The minimum Gasteiger partial charge on any atom is -0.383 e. The molecule has 0 aliphatic carbocycles. The highest BCUT2D eigenvalue weighted by atomic mass is 32.2. The van der Waals surface area contributed by atoms with Crippen LogP contribution in [0.5, 0.6) is 0 Å². The van der Waals surface area contributed by atoms with Gasteiger partial charge in [0, 0.05) is 23.4 Å². The summed E-state index contributed by atoms with van der Waals surface area (Å²) in [5.41, 5.74) is 11.6. The Labute approximate surface area is 192 Å². The summed E-state index contributed by atoms with van der Waals surface area (Å²) in [4.78, 5) is 16.8. The Morgan fingerprint density at radius 2 is 1.66 bits per heavy atom. The number of nitrogens with two attached hydrogens (primary N) is 1. The Balaban J connectivity index is 1.83. The van der Waals surface area contributed by atoms with E-state index in [1.165, 1.54) is 11.8 Å². The van der Waals surface area contributed by atoms with E-state index in [1.54, 1.807) is 0 Å². The Morgan fingerprint density at radius 1 is 1.03 bits per heavy atom. The van der Waals surface area contributed by atoms with Gasteiger partial charge >= 0.3 is 0 Å². The van der Waals surface area contributed by atoms with Crippen molar-refractivity contribution in [1.82, 2.24) is 4.98 Å². The van der Waals surface area contributed by atoms with Crippen LogP contribution in [0.15, 0.2) is 47.5 Å². The van der Waals surface area contributed by atoms with Crippen LogP contribution < -0.4 is 11.1 Å². The van der Waals surface area contributed by atoms with Crippen LogP contribution in [0, 0.1) is 43.4 Å². The lowest BCUT2D eigenvalue weighted by Crippen LogP contribution is -2.14. The quantitative estimate of drug-likeness (QED) is 0.513. The minimum absolute atomic E-state index is 0.0737. The van der Waals surface area contributed by atoms with Crippen LogP contribution >= 0.6 is 11.8 Å². The number of aryl methyl sites for hydroxylation is 3. The van der Waals surface area contributed by atoms with E-state index in [-0.39, 0.29) is 23.7 Å². The molecular formula is C25H23N5OS. The van der Waals surface area contributed by atoms with Crippen molar-refractivity contribution in [3.63, 3.8) is 0 Å². The van der Waals surface area contributed by atoms with Crippen LogP contribution in [-0.4, -0.2) is 16.6 Å². The monoisotopic (exact) mass is 441 g/mol. The molecule has 1 amide bonds. The van der Waals surface area contributed by atoms with E-state index in [0.717, 1.165) is 27.9 Å². The summed E-state index contributed by atoms with van der Waals surface area (Å²) in [6.45, 7) is 5.87. The molecule has 0 aliphatic heterocycles. The number of carbonyl (C=O) groups excluding carboxylic acids is 1. The number of para-hydroxylation sites is 1. The lowest BCUT2D eigenvalue weighted by Gasteiger charge is -2.14. The predicted octanol–water partition coefficient (Wildman–Crippen LogP) is 5.12. The van der Waals surface area contributed by atoms with Crippen molar-refractivity contribution in [2.45, 2.75) is 32.2 Å². The van der Waals surface area contributed by atoms with E-state index in [0.29, 0.717) is 21.9 Å². The van der Waals surface area contributed by atoms with Crippen molar-refractivity contribution in [3.05, 3.63) is 70.3 Å². The van der Waals surface area contributed by atoms with Crippen molar-refractivity contribution < 1.29 is 4.79 Å². The number of hydrogen-bond acceptors (Lipinski definition) is 6. The number of hydrogen-bond donors (Lipinski definition) is 2. The molecule has 1 aromatic heterocycles. The molecule has 32 heavy (non-hydrogen) atoms. The molecule has 6 nitrogen and oxygen atoms in total. The summed E-state index contributed by atoms with van der Waals surface area (Å²) >= 11 is 1.28. The van der Waals surface area contributed by atoms with E-state index in [1.807, 2.05) is 63.2 Å². The van der Waals surface area contributed by atoms with E-state index in [9.17, 15) is 15.3 Å². The number of aromatic nitrogens is 1. The second-order valence-corrected chi connectivity index (χ2v) is 8.51. The molecule has 0 radical (unpaired) electrons. The molecule has 0 aliphatic rings. The Bertz CT molecular complexity index is 1230. The molecule has 0 bridgehead atoms. The van der Waals surface area contributed by atoms with Crippen LogP contribution in [0.4, 0.5) is 11.5 Å². The molecule has 3 rings (SSSR count). The van der Waals surface area contributed by atoms with E-state index in [2.05, 4.69) is 22.4 Å². The molecule has 0 atom stereocenters. The number of pyridine rings is 1. The summed E-state index contributed by atoms with van der Waals surface area (Å²) < 4.78 is 0. The second kappa shape index (κ2) is 10.00. The number of carbonyl (C=O) groups is 1. The molecule has 0 saturated carbocycles. The zero-order valence-corrected chi connectivity index (χ0v) is 19.0. The number of anilines is 2. The lowest BCUT2D eigenvalue weighted by molar-refractivity contribution is -0.115. The van der Waals surface area contributed by atoms with Crippen molar-refractivity contribution in [3.8, 4) is 23.3 Å². The van der Waals surface area contributed by atoms with Gasteiger partial charge in [0.1, 0.15) is 28.5 Å². The number of rotatable bonds is 6. The smallest absolute Gasteiger partial charge is 0.225 e. The standard InChI is InChI=1S/C25H23N5OS/c1-15-7-9-18(10-8-15)22-19(13-26)24(28)30-25(20(22)14-27)32-12-11-21(31)29-23-16(2)5-4-6-17(23)3/h4-10H,11-12H2,1-3H3,(H2,28,30)(H,29,31). The number of benzene rings is 2. The summed E-state index contributed by atoms with van der Waals surface area (Å²) in [5.74, 6) is 0.371. The van der Waals surface area contributed by atoms with Crippen LogP contribution in [0.2, 0.25) is 0 Å². The first-order valence-corrected chi connectivity index (χ1v) is 11.0. The number of nitriles is 2. The van der Waals surface area contributed by atoms with Gasteiger partial charge in [-0.25, -0.2) is 4.98 Å². The van der Waals surface area contributed by atoms with Gasteiger partial charge in [0.25, 0.3) is 0 Å². The summed E-state index contributed by atoms with van der Waals surface area (Å²) in [5, 5.41) is 22.9. The SMILES string of the molecule is Cc1ccc(-c2c(C#N)c(N)nc(SCCC(=O)Nc3c(C)cccc3C)c2C#N)cc1. The number of nitrogens with zero attached hydrogens (tertiary/aromatic N) is 3. The molecule has 0 unspecified atom stereocenters. The third-order valence-electron chi connectivity index (χ3n) is 5.07. The highest BCUT2D eigenvalue weighted by Crippen LogP contribution is 2.36. The summed E-state index contributed by atoms with van der Waals surface area (Å²) in [7, 11) is 0. The molecule has 0 saturated heterocycles. The zero-order chi connectivity index (χ0) is 23.3. The number of nitrogens with one attached hydrogen (secondary N) is 1. The first-order chi connectivity index (χ1) is 15.3. The van der Waals surface area contributed by atoms with E-state index < -0.39 is 0 Å². The Kier molecular flexibility index (Phi) is 7.14. The van der Waals surface area contributed by atoms with Gasteiger partial charge in [-0.2, -0.15) is 10.5 Å². The van der Waals surface area contributed by atoms with Gasteiger partial charge < -0.3 is 11.1 Å². The molecule has 3 aromatic rings. The fourth-order valence-electron chi connectivity index (χ4n) is 3.37. The fourth-order valence-corrected chi connectivity index (χ4v) is 4.30. The minimum atomic E-state index is -0.117. The molecule has 3 N–H and O–H groups in total. The lowest BCUT2D eigenvalue weighted by atomic mass is 9.96. The highest BCUT2D eigenvalue weighted by molar-refractivity contribution is 7.99. The molecule has 1 heterocycles. The van der Waals surface area contributed by atoms with Crippen LogP contribution in [0.1, 0.15) is 34.2 Å². The maximum atomic E-state index is 12.5. The van der Waals surface area contributed by atoms with Gasteiger partial charge in [-0.3, -0.25) is 4.79 Å². The van der Waals surface area contributed by atoms with Crippen molar-refractivity contribution >= 4 is 29.2 Å². The van der Waals surface area contributed by atoms with Crippen LogP contribution in [-0.2, 0) is 4.79 Å².